The average molecular weight is 364 g/mol. The Bertz CT molecular complexity index is 628. The van der Waals surface area contributed by atoms with E-state index < -0.39 is 0 Å². The second-order valence-corrected chi connectivity index (χ2v) is 6.08. The fourth-order valence-corrected chi connectivity index (χ4v) is 2.85. The highest BCUT2D eigenvalue weighted by Crippen LogP contribution is 2.26. The Kier molecular flexibility index (Phi) is 7.37. The second kappa shape index (κ2) is 9.74. The molecule has 0 saturated carbocycles. The van der Waals surface area contributed by atoms with E-state index in [2.05, 4.69) is 15.6 Å². The lowest BCUT2D eigenvalue weighted by atomic mass is 10.1. The number of piperidine rings is 1. The fourth-order valence-electron chi connectivity index (χ4n) is 2.85. The number of hydrogen-bond donors (Lipinski definition) is 3. The van der Waals surface area contributed by atoms with Gasteiger partial charge in [-0.3, -0.25) is 0 Å². The van der Waals surface area contributed by atoms with E-state index in [1.165, 1.54) is 14.2 Å². The highest BCUT2D eigenvalue weighted by molar-refractivity contribution is 5.80. The number of benzene rings is 1. The van der Waals surface area contributed by atoms with E-state index in [4.69, 9.17) is 9.47 Å². The first-order valence-corrected chi connectivity index (χ1v) is 8.81. The van der Waals surface area contributed by atoms with Crippen LogP contribution < -0.4 is 15.4 Å². The van der Waals surface area contributed by atoms with Crippen LogP contribution in [-0.4, -0.2) is 62.0 Å². The summed E-state index contributed by atoms with van der Waals surface area (Å²) in [5, 5.41) is 16.5. The minimum atomic E-state index is -0.275. The summed E-state index contributed by atoms with van der Waals surface area (Å²) < 4.78 is 9.81. The lowest BCUT2D eigenvalue weighted by Crippen LogP contribution is -2.49. The van der Waals surface area contributed by atoms with Gasteiger partial charge in [-0.15, -0.1) is 0 Å². The van der Waals surface area contributed by atoms with Crippen LogP contribution in [0, 0.1) is 0 Å². The topological polar surface area (TPSA) is 95.4 Å². The number of methoxy groups -OCH3 is 2. The summed E-state index contributed by atoms with van der Waals surface area (Å²) in [7, 11) is 2.92. The van der Waals surface area contributed by atoms with Gasteiger partial charge in [0.15, 0.2) is 17.5 Å². The summed E-state index contributed by atoms with van der Waals surface area (Å²) in [6.07, 6.45) is 1.40. The van der Waals surface area contributed by atoms with Gasteiger partial charge in [0.05, 0.1) is 20.8 Å². The second-order valence-electron chi connectivity index (χ2n) is 6.08. The first-order chi connectivity index (χ1) is 12.6. The molecule has 1 fully saturated rings. The van der Waals surface area contributed by atoms with Crippen molar-refractivity contribution in [1.29, 1.82) is 0 Å². The number of ether oxygens (including phenoxy) is 2. The Balaban J connectivity index is 1.93. The number of guanidine groups is 1. The molecule has 144 valence electrons. The number of amides is 1. The predicted molar refractivity (Wildman–Crippen MR) is 99.6 cm³/mol. The highest BCUT2D eigenvalue weighted by Gasteiger charge is 2.23. The Morgan fingerprint density at radius 2 is 2.08 bits per heavy atom. The smallest absolute Gasteiger partial charge is 0.409 e. The normalized spacial score (nSPS) is 15.5. The van der Waals surface area contributed by atoms with Crippen molar-refractivity contribution >= 4 is 12.1 Å². The van der Waals surface area contributed by atoms with Crippen LogP contribution in [0.25, 0.3) is 0 Å². The van der Waals surface area contributed by atoms with Gasteiger partial charge in [-0.1, -0.05) is 6.07 Å². The maximum Gasteiger partial charge on any atom is 0.409 e. The molecule has 1 saturated heterocycles. The number of carbonyl (C=O) groups excluding carboxylic acids is 1. The highest BCUT2D eigenvalue weighted by atomic mass is 16.5. The molecule has 0 aromatic heterocycles. The van der Waals surface area contributed by atoms with Crippen LogP contribution in [0.15, 0.2) is 23.2 Å². The number of nitrogens with one attached hydrogen (secondary N) is 2. The zero-order valence-electron chi connectivity index (χ0n) is 15.6. The molecule has 0 radical (unpaired) electrons. The quantitative estimate of drug-likeness (QED) is 0.544. The molecule has 1 aliphatic rings. The number of rotatable bonds is 5. The lowest BCUT2D eigenvalue weighted by molar-refractivity contribution is 0.111. The summed E-state index contributed by atoms with van der Waals surface area (Å²) in [5.74, 6) is 1.27. The molecule has 26 heavy (non-hydrogen) atoms. The molecule has 1 aliphatic heterocycles. The van der Waals surface area contributed by atoms with E-state index in [9.17, 15) is 9.90 Å². The van der Waals surface area contributed by atoms with Crippen molar-refractivity contribution in [3.8, 4) is 11.5 Å². The lowest BCUT2D eigenvalue weighted by Gasteiger charge is -2.32. The van der Waals surface area contributed by atoms with E-state index in [-0.39, 0.29) is 17.9 Å². The van der Waals surface area contributed by atoms with Crippen LogP contribution in [0.4, 0.5) is 4.79 Å². The molecule has 1 aromatic carbocycles. The number of carbonyl (C=O) groups is 1. The molecule has 1 amide bonds. The Labute approximate surface area is 154 Å². The fraction of sp³-hybridized carbons (Fsp3) is 0.556. The van der Waals surface area contributed by atoms with Crippen LogP contribution in [0.3, 0.4) is 0 Å². The number of hydrogen-bond acceptors (Lipinski definition) is 5. The Morgan fingerprint density at radius 1 is 1.35 bits per heavy atom. The zero-order valence-corrected chi connectivity index (χ0v) is 15.6. The van der Waals surface area contributed by atoms with E-state index in [0.29, 0.717) is 25.4 Å². The third-order valence-electron chi connectivity index (χ3n) is 4.28. The third-order valence-corrected chi connectivity index (χ3v) is 4.28. The van der Waals surface area contributed by atoms with Crippen molar-refractivity contribution in [3.05, 3.63) is 23.8 Å². The first-order valence-electron chi connectivity index (χ1n) is 8.81. The van der Waals surface area contributed by atoms with E-state index in [1.54, 1.807) is 17.0 Å². The summed E-state index contributed by atoms with van der Waals surface area (Å²) in [4.78, 5) is 17.8. The van der Waals surface area contributed by atoms with Crippen LogP contribution in [0.2, 0.25) is 0 Å². The number of aliphatic imine (C=N–C) groups is 1. The monoisotopic (exact) mass is 364 g/mol. The van der Waals surface area contributed by atoms with Gasteiger partial charge in [0.25, 0.3) is 0 Å². The average Bonchev–Trinajstić information content (AvgIpc) is 2.66. The molecule has 1 heterocycles. The molecule has 0 atom stereocenters. The summed E-state index contributed by atoms with van der Waals surface area (Å²) in [6.45, 7) is 4.52. The summed E-state index contributed by atoms with van der Waals surface area (Å²) >= 11 is 0. The molecule has 0 bridgehead atoms. The molecule has 8 nitrogen and oxygen atoms in total. The largest absolute Gasteiger partial charge is 0.504 e. The summed E-state index contributed by atoms with van der Waals surface area (Å²) in [5.41, 5.74) is 0.890. The third kappa shape index (κ3) is 5.44. The Hall–Kier alpha value is -2.64. The van der Waals surface area contributed by atoms with Gasteiger partial charge in [0.2, 0.25) is 0 Å². The molecular formula is C18H28N4O4. The minimum Gasteiger partial charge on any atom is -0.504 e. The molecule has 0 unspecified atom stereocenters. The van der Waals surface area contributed by atoms with Gasteiger partial charge >= 0.3 is 6.09 Å². The van der Waals surface area contributed by atoms with Crippen molar-refractivity contribution in [2.45, 2.75) is 32.4 Å². The number of phenolic OH excluding ortho intramolecular Hbond substituents is 1. The zero-order chi connectivity index (χ0) is 18.9. The van der Waals surface area contributed by atoms with Crippen molar-refractivity contribution < 1.29 is 19.4 Å². The van der Waals surface area contributed by atoms with Crippen LogP contribution in [0.5, 0.6) is 11.5 Å². The van der Waals surface area contributed by atoms with Gasteiger partial charge in [-0.2, -0.15) is 0 Å². The SMILES string of the molecule is CCNC(=NCc1ccc(OC)c(O)c1)NC1CCN(C(=O)OC)CC1. The molecule has 2 rings (SSSR count). The summed E-state index contributed by atoms with van der Waals surface area (Å²) in [6, 6.07) is 5.50. The van der Waals surface area contributed by atoms with Gasteiger partial charge in [0.1, 0.15) is 0 Å². The van der Waals surface area contributed by atoms with E-state index in [1.807, 2.05) is 13.0 Å². The van der Waals surface area contributed by atoms with Crippen LogP contribution in [-0.2, 0) is 11.3 Å². The number of phenols is 1. The molecule has 0 spiro atoms. The van der Waals surface area contributed by atoms with Crippen molar-refractivity contribution in [2.75, 3.05) is 33.9 Å². The minimum absolute atomic E-state index is 0.105. The van der Waals surface area contributed by atoms with Crippen molar-refractivity contribution in [3.63, 3.8) is 0 Å². The standard InChI is InChI=1S/C18H28N4O4/c1-4-19-17(20-12-13-5-6-16(25-2)15(23)11-13)21-14-7-9-22(10-8-14)18(24)26-3/h5-6,11,14,23H,4,7-10,12H2,1-3H3,(H2,19,20,21). The molecule has 1 aromatic rings. The van der Waals surface area contributed by atoms with Crippen molar-refractivity contribution in [1.82, 2.24) is 15.5 Å². The molecule has 0 aliphatic carbocycles. The number of aromatic hydroxyl groups is 1. The van der Waals surface area contributed by atoms with Crippen molar-refractivity contribution in [2.24, 2.45) is 4.99 Å². The first kappa shape index (κ1) is 19.7. The molecule has 3 N–H and O–H groups in total. The van der Waals surface area contributed by atoms with E-state index in [0.717, 1.165) is 30.9 Å². The van der Waals surface area contributed by atoms with Gasteiger partial charge in [0, 0.05) is 25.7 Å². The number of likely N-dealkylation sites (tertiary alicyclic amines) is 1. The predicted octanol–water partition coefficient (Wildman–Crippen LogP) is 1.69. The molecular weight excluding hydrogens is 336 g/mol. The van der Waals surface area contributed by atoms with Gasteiger partial charge in [-0.05, 0) is 37.5 Å². The number of nitrogens with zero attached hydrogens (tertiary/aromatic N) is 2. The molecule has 8 heteroatoms. The van der Waals surface area contributed by atoms with Gasteiger partial charge < -0.3 is 30.1 Å². The maximum absolute atomic E-state index is 11.5. The Morgan fingerprint density at radius 3 is 2.65 bits per heavy atom. The van der Waals surface area contributed by atoms with Crippen LogP contribution >= 0.6 is 0 Å². The maximum atomic E-state index is 11.5. The van der Waals surface area contributed by atoms with E-state index >= 15 is 0 Å². The van der Waals surface area contributed by atoms with Gasteiger partial charge in [-0.25, -0.2) is 9.79 Å². The van der Waals surface area contributed by atoms with Crippen LogP contribution in [0.1, 0.15) is 25.3 Å².